The van der Waals surface area contributed by atoms with Crippen LogP contribution in [0.15, 0.2) is 48.8 Å². The number of pyridine rings is 2. The van der Waals surface area contributed by atoms with Gasteiger partial charge in [-0.05, 0) is 72.9 Å². The van der Waals surface area contributed by atoms with Crippen molar-refractivity contribution in [3.05, 3.63) is 87.5 Å². The van der Waals surface area contributed by atoms with Gasteiger partial charge in [0.05, 0.1) is 16.7 Å². The molecule has 3 heterocycles. The standard InChI is InChI=1S/C23H21ClN6O/c1-13-5-22(25)29-14(2)19(13)12-27-23(31)21-8-16(10-28-30-21)6-15-3-4-20-17(7-15)9-18(24)11-26-20/h3-5,7-11H,6,12H2,1-2H3,(H2,25,29)(H,27,31). The minimum atomic E-state index is -0.292. The molecule has 0 bridgehead atoms. The van der Waals surface area contributed by atoms with Crippen LogP contribution < -0.4 is 11.1 Å². The van der Waals surface area contributed by atoms with Gasteiger partial charge in [-0.3, -0.25) is 9.78 Å². The molecule has 0 saturated heterocycles. The molecule has 1 aromatic carbocycles. The molecule has 0 radical (unpaired) electrons. The number of carbonyl (C=O) groups is 1. The zero-order chi connectivity index (χ0) is 22.0. The van der Waals surface area contributed by atoms with Crippen LogP contribution in [0.4, 0.5) is 5.82 Å². The maximum Gasteiger partial charge on any atom is 0.272 e. The summed E-state index contributed by atoms with van der Waals surface area (Å²) in [6, 6.07) is 11.4. The lowest BCUT2D eigenvalue weighted by Crippen LogP contribution is -2.25. The molecule has 4 rings (SSSR count). The zero-order valence-corrected chi connectivity index (χ0v) is 17.9. The lowest BCUT2D eigenvalue weighted by Gasteiger charge is -2.11. The van der Waals surface area contributed by atoms with Crippen LogP contribution >= 0.6 is 11.6 Å². The highest BCUT2D eigenvalue weighted by Gasteiger charge is 2.12. The third-order valence-corrected chi connectivity index (χ3v) is 5.27. The van der Waals surface area contributed by atoms with E-state index in [1.165, 1.54) is 0 Å². The number of fused-ring (bicyclic) bond motifs is 1. The SMILES string of the molecule is Cc1cc(N)nc(C)c1CNC(=O)c1cc(Cc2ccc3ncc(Cl)cc3c2)cnn1. The highest BCUT2D eigenvalue weighted by Crippen LogP contribution is 2.20. The lowest BCUT2D eigenvalue weighted by atomic mass is 10.0. The molecule has 8 heteroatoms. The summed E-state index contributed by atoms with van der Waals surface area (Å²) in [6.07, 6.45) is 3.90. The number of rotatable bonds is 5. The Kier molecular flexibility index (Phi) is 5.77. The Balaban J connectivity index is 1.48. The van der Waals surface area contributed by atoms with Gasteiger partial charge in [0.1, 0.15) is 5.82 Å². The predicted molar refractivity (Wildman–Crippen MR) is 121 cm³/mol. The van der Waals surface area contributed by atoms with E-state index in [1.54, 1.807) is 24.5 Å². The van der Waals surface area contributed by atoms with Gasteiger partial charge in [-0.25, -0.2) is 4.98 Å². The molecule has 7 nitrogen and oxygen atoms in total. The molecule has 0 spiro atoms. The van der Waals surface area contributed by atoms with Crippen molar-refractivity contribution in [1.29, 1.82) is 0 Å². The molecular formula is C23H21ClN6O. The van der Waals surface area contributed by atoms with Crippen molar-refractivity contribution in [2.45, 2.75) is 26.8 Å². The number of aryl methyl sites for hydroxylation is 2. The highest BCUT2D eigenvalue weighted by atomic mass is 35.5. The van der Waals surface area contributed by atoms with Gasteiger partial charge < -0.3 is 11.1 Å². The van der Waals surface area contributed by atoms with E-state index in [0.29, 0.717) is 23.8 Å². The Hall–Kier alpha value is -3.58. The number of nitrogens with zero attached hydrogens (tertiary/aromatic N) is 4. The van der Waals surface area contributed by atoms with Gasteiger partial charge in [-0.2, -0.15) is 5.10 Å². The molecule has 0 atom stereocenters. The van der Waals surface area contributed by atoms with Crippen LogP contribution in [0.5, 0.6) is 0 Å². The molecule has 0 aliphatic heterocycles. The number of aromatic nitrogens is 4. The number of benzene rings is 1. The topological polar surface area (TPSA) is 107 Å². The molecule has 0 saturated carbocycles. The van der Waals surface area contributed by atoms with Crippen molar-refractivity contribution in [2.75, 3.05) is 5.73 Å². The monoisotopic (exact) mass is 432 g/mol. The second-order valence-corrected chi connectivity index (χ2v) is 7.85. The van der Waals surface area contributed by atoms with E-state index in [2.05, 4.69) is 25.5 Å². The van der Waals surface area contributed by atoms with Crippen LogP contribution in [0.1, 0.15) is 38.4 Å². The summed E-state index contributed by atoms with van der Waals surface area (Å²) >= 11 is 6.05. The zero-order valence-electron chi connectivity index (χ0n) is 17.2. The van der Waals surface area contributed by atoms with E-state index in [-0.39, 0.29) is 11.6 Å². The lowest BCUT2D eigenvalue weighted by molar-refractivity contribution is 0.0944. The first kappa shape index (κ1) is 20.7. The van der Waals surface area contributed by atoms with Crippen LogP contribution in [-0.2, 0) is 13.0 Å². The first-order valence-corrected chi connectivity index (χ1v) is 10.1. The van der Waals surface area contributed by atoms with E-state index in [9.17, 15) is 4.79 Å². The van der Waals surface area contributed by atoms with Crippen molar-refractivity contribution in [2.24, 2.45) is 0 Å². The van der Waals surface area contributed by atoms with Gasteiger partial charge in [0, 0.05) is 23.8 Å². The molecule has 3 aromatic heterocycles. The summed E-state index contributed by atoms with van der Waals surface area (Å²) in [4.78, 5) is 21.2. The van der Waals surface area contributed by atoms with Crippen LogP contribution in [0.3, 0.4) is 0 Å². The fourth-order valence-electron chi connectivity index (χ4n) is 3.53. The van der Waals surface area contributed by atoms with Crippen LogP contribution in [0, 0.1) is 13.8 Å². The Morgan fingerprint density at radius 3 is 2.74 bits per heavy atom. The van der Waals surface area contributed by atoms with E-state index in [1.807, 2.05) is 38.1 Å². The molecule has 4 aromatic rings. The fraction of sp³-hybridized carbons (Fsp3) is 0.174. The van der Waals surface area contributed by atoms with Gasteiger partial charge in [0.15, 0.2) is 5.69 Å². The number of halogens is 1. The first-order valence-electron chi connectivity index (χ1n) is 9.75. The number of hydrogen-bond donors (Lipinski definition) is 2. The second-order valence-electron chi connectivity index (χ2n) is 7.42. The van der Waals surface area contributed by atoms with Crippen molar-refractivity contribution < 1.29 is 4.79 Å². The molecule has 0 unspecified atom stereocenters. The summed E-state index contributed by atoms with van der Waals surface area (Å²) < 4.78 is 0. The van der Waals surface area contributed by atoms with Gasteiger partial charge in [0.25, 0.3) is 5.91 Å². The third kappa shape index (κ3) is 4.78. The number of nitrogens with two attached hydrogens (primary N) is 1. The average Bonchev–Trinajstić information content (AvgIpc) is 2.72. The van der Waals surface area contributed by atoms with E-state index in [0.717, 1.165) is 38.9 Å². The summed E-state index contributed by atoms with van der Waals surface area (Å²) in [5.41, 5.74) is 11.6. The third-order valence-electron chi connectivity index (χ3n) is 5.06. The quantitative estimate of drug-likeness (QED) is 0.496. The first-order chi connectivity index (χ1) is 14.9. The molecule has 0 aliphatic carbocycles. The summed E-state index contributed by atoms with van der Waals surface area (Å²) in [5, 5.41) is 12.4. The summed E-state index contributed by atoms with van der Waals surface area (Å²) in [6.45, 7) is 4.16. The maximum atomic E-state index is 12.6. The van der Waals surface area contributed by atoms with E-state index in [4.69, 9.17) is 17.3 Å². The van der Waals surface area contributed by atoms with Gasteiger partial charge in [-0.15, -0.1) is 5.10 Å². The van der Waals surface area contributed by atoms with Gasteiger partial charge in [-0.1, -0.05) is 17.7 Å². The maximum absolute atomic E-state index is 12.6. The molecule has 156 valence electrons. The summed E-state index contributed by atoms with van der Waals surface area (Å²) in [7, 11) is 0. The van der Waals surface area contributed by atoms with E-state index >= 15 is 0 Å². The number of nitrogen functional groups attached to an aromatic ring is 1. The smallest absolute Gasteiger partial charge is 0.272 e. The second kappa shape index (κ2) is 8.65. The number of amides is 1. The van der Waals surface area contributed by atoms with Gasteiger partial charge in [0.2, 0.25) is 0 Å². The molecule has 31 heavy (non-hydrogen) atoms. The van der Waals surface area contributed by atoms with Crippen molar-refractivity contribution in [3.63, 3.8) is 0 Å². The predicted octanol–water partition coefficient (Wildman–Crippen LogP) is 3.79. The minimum absolute atomic E-state index is 0.265. The van der Waals surface area contributed by atoms with Crippen LogP contribution in [0.2, 0.25) is 5.02 Å². The Morgan fingerprint density at radius 2 is 1.94 bits per heavy atom. The highest BCUT2D eigenvalue weighted by molar-refractivity contribution is 6.31. The Bertz CT molecular complexity index is 1270. The number of carbonyl (C=O) groups excluding carboxylic acids is 1. The molecular weight excluding hydrogens is 412 g/mol. The Labute approximate surface area is 184 Å². The molecule has 0 fully saturated rings. The normalized spacial score (nSPS) is 10.9. The van der Waals surface area contributed by atoms with Crippen molar-refractivity contribution in [1.82, 2.24) is 25.5 Å². The number of nitrogens with one attached hydrogen (secondary N) is 1. The largest absolute Gasteiger partial charge is 0.384 e. The van der Waals surface area contributed by atoms with Crippen LogP contribution in [-0.4, -0.2) is 26.1 Å². The number of anilines is 1. The van der Waals surface area contributed by atoms with Crippen molar-refractivity contribution in [3.8, 4) is 0 Å². The summed E-state index contributed by atoms with van der Waals surface area (Å²) in [5.74, 6) is 0.176. The molecule has 1 amide bonds. The molecule has 3 N–H and O–H groups in total. The van der Waals surface area contributed by atoms with E-state index < -0.39 is 0 Å². The van der Waals surface area contributed by atoms with Crippen molar-refractivity contribution >= 4 is 34.2 Å². The Morgan fingerprint density at radius 1 is 1.10 bits per heavy atom. The average molecular weight is 433 g/mol. The fourth-order valence-corrected chi connectivity index (χ4v) is 3.70. The van der Waals surface area contributed by atoms with Gasteiger partial charge >= 0.3 is 0 Å². The number of hydrogen-bond acceptors (Lipinski definition) is 6. The minimum Gasteiger partial charge on any atom is -0.384 e. The molecule has 0 aliphatic rings. The van der Waals surface area contributed by atoms with Crippen LogP contribution in [0.25, 0.3) is 10.9 Å².